The molecular weight excluding hydrogens is 262 g/mol. The summed E-state index contributed by atoms with van der Waals surface area (Å²) in [6.07, 6.45) is 0. The zero-order valence-corrected chi connectivity index (χ0v) is 10.0. The van der Waals surface area contributed by atoms with E-state index in [9.17, 15) is 4.79 Å². The van der Waals surface area contributed by atoms with Crippen LogP contribution in [0.3, 0.4) is 0 Å². The third-order valence-electron chi connectivity index (χ3n) is 2.58. The number of benzene rings is 1. The second-order valence-electron chi connectivity index (χ2n) is 3.58. The molecule has 1 aliphatic rings. The molecule has 0 spiro atoms. The monoisotopic (exact) mass is 267 g/mol. The standard InChI is InChI=1S/C11H6ClNO3S/c12-8-3-5-1-2-6-7(10(5)17-8)4-16-13-9(6)11(14)15/h1-3H,4H2,(H,14,15). The lowest BCUT2D eigenvalue weighted by molar-refractivity contribution is -0.129. The van der Waals surface area contributed by atoms with Crippen LogP contribution in [0.25, 0.3) is 10.1 Å². The van der Waals surface area contributed by atoms with Gasteiger partial charge in [0.1, 0.15) is 6.61 Å². The lowest BCUT2D eigenvalue weighted by atomic mass is 10.0. The molecular formula is C11H6ClNO3S. The minimum absolute atomic E-state index is 0.0577. The summed E-state index contributed by atoms with van der Waals surface area (Å²) in [4.78, 5) is 16.0. The first-order valence-corrected chi connectivity index (χ1v) is 6.01. The highest BCUT2D eigenvalue weighted by Crippen LogP contribution is 2.35. The Morgan fingerprint density at radius 1 is 1.53 bits per heavy atom. The fraction of sp³-hybridized carbons (Fsp3) is 0.0909. The topological polar surface area (TPSA) is 58.9 Å². The molecule has 2 aromatic rings. The first-order valence-electron chi connectivity index (χ1n) is 4.81. The molecule has 0 fully saturated rings. The number of carboxylic acid groups (broad SMARTS) is 1. The Kier molecular flexibility index (Phi) is 2.31. The van der Waals surface area contributed by atoms with Gasteiger partial charge in [-0.15, -0.1) is 11.3 Å². The van der Waals surface area contributed by atoms with Crippen LogP contribution in [0.1, 0.15) is 11.1 Å². The lowest BCUT2D eigenvalue weighted by Gasteiger charge is -2.14. The first kappa shape index (κ1) is 10.6. The molecule has 0 bridgehead atoms. The maximum Gasteiger partial charge on any atom is 0.358 e. The summed E-state index contributed by atoms with van der Waals surface area (Å²) in [5.74, 6) is -1.09. The molecule has 86 valence electrons. The van der Waals surface area contributed by atoms with Gasteiger partial charge in [0.15, 0.2) is 5.71 Å². The number of hydrogen-bond acceptors (Lipinski definition) is 4. The summed E-state index contributed by atoms with van der Waals surface area (Å²) in [7, 11) is 0. The Morgan fingerprint density at radius 2 is 2.35 bits per heavy atom. The minimum atomic E-state index is -1.09. The molecule has 1 aliphatic heterocycles. The van der Waals surface area contributed by atoms with Gasteiger partial charge < -0.3 is 9.94 Å². The van der Waals surface area contributed by atoms with Crippen molar-refractivity contribution in [1.29, 1.82) is 0 Å². The third kappa shape index (κ3) is 1.59. The Hall–Kier alpha value is -1.59. The van der Waals surface area contributed by atoms with E-state index in [1.54, 1.807) is 6.07 Å². The Bertz CT molecular complexity index is 662. The van der Waals surface area contributed by atoms with Crippen molar-refractivity contribution in [2.45, 2.75) is 6.61 Å². The molecule has 17 heavy (non-hydrogen) atoms. The SMILES string of the molecule is O=C(O)C1=NOCc2c1ccc1cc(Cl)sc21. The van der Waals surface area contributed by atoms with Crippen LogP contribution in [0.2, 0.25) is 4.34 Å². The van der Waals surface area contributed by atoms with E-state index in [1.807, 2.05) is 12.1 Å². The summed E-state index contributed by atoms with van der Waals surface area (Å²) in [6, 6.07) is 5.45. The average Bonchev–Trinajstić information content (AvgIpc) is 2.68. The van der Waals surface area contributed by atoms with Crippen molar-refractivity contribution < 1.29 is 14.7 Å². The van der Waals surface area contributed by atoms with Crippen LogP contribution in [0, 0.1) is 0 Å². The van der Waals surface area contributed by atoms with Gasteiger partial charge in [-0.05, 0) is 11.5 Å². The predicted molar refractivity (Wildman–Crippen MR) is 65.8 cm³/mol. The smallest absolute Gasteiger partial charge is 0.358 e. The summed E-state index contributed by atoms with van der Waals surface area (Å²) < 4.78 is 1.63. The number of hydrogen-bond donors (Lipinski definition) is 1. The number of fused-ring (bicyclic) bond motifs is 3. The number of carboxylic acids is 1. The summed E-state index contributed by atoms with van der Waals surface area (Å²) in [6.45, 7) is 0.278. The molecule has 1 N–H and O–H groups in total. The zero-order chi connectivity index (χ0) is 12.0. The number of oxime groups is 1. The van der Waals surface area contributed by atoms with Gasteiger partial charge in [-0.1, -0.05) is 28.9 Å². The van der Waals surface area contributed by atoms with Gasteiger partial charge in [0.25, 0.3) is 0 Å². The fourth-order valence-electron chi connectivity index (χ4n) is 1.86. The third-order valence-corrected chi connectivity index (χ3v) is 3.92. The summed E-state index contributed by atoms with van der Waals surface area (Å²) in [5.41, 5.74) is 1.39. The quantitative estimate of drug-likeness (QED) is 0.864. The van der Waals surface area contributed by atoms with E-state index in [2.05, 4.69) is 5.16 Å². The number of nitrogens with zero attached hydrogens (tertiary/aromatic N) is 1. The number of thiophene rings is 1. The van der Waals surface area contributed by atoms with Crippen LogP contribution in [0.5, 0.6) is 0 Å². The molecule has 0 aliphatic carbocycles. The van der Waals surface area contributed by atoms with Gasteiger partial charge in [0, 0.05) is 15.8 Å². The van der Waals surface area contributed by atoms with Gasteiger partial charge in [-0.2, -0.15) is 0 Å². The van der Waals surface area contributed by atoms with Crippen LogP contribution < -0.4 is 0 Å². The highest BCUT2D eigenvalue weighted by molar-refractivity contribution is 7.22. The van der Waals surface area contributed by atoms with E-state index >= 15 is 0 Å². The van der Waals surface area contributed by atoms with Crippen LogP contribution in [-0.4, -0.2) is 16.8 Å². The molecule has 0 unspecified atom stereocenters. The van der Waals surface area contributed by atoms with Crippen LogP contribution >= 0.6 is 22.9 Å². The molecule has 0 saturated heterocycles. The molecule has 0 radical (unpaired) electrons. The number of rotatable bonds is 1. The molecule has 0 saturated carbocycles. The van der Waals surface area contributed by atoms with E-state index in [-0.39, 0.29) is 12.3 Å². The zero-order valence-electron chi connectivity index (χ0n) is 8.44. The predicted octanol–water partition coefficient (Wildman–Crippen LogP) is 2.87. The van der Waals surface area contributed by atoms with Gasteiger partial charge in [0.2, 0.25) is 0 Å². The molecule has 1 aromatic carbocycles. The second kappa shape index (κ2) is 3.72. The van der Waals surface area contributed by atoms with Crippen LogP contribution in [0.4, 0.5) is 0 Å². The lowest BCUT2D eigenvalue weighted by Crippen LogP contribution is -2.20. The van der Waals surface area contributed by atoms with Gasteiger partial charge >= 0.3 is 5.97 Å². The largest absolute Gasteiger partial charge is 0.476 e. The summed E-state index contributed by atoms with van der Waals surface area (Å²) >= 11 is 7.37. The molecule has 6 heteroatoms. The fourth-order valence-corrected chi connectivity index (χ4v) is 3.13. The average molecular weight is 268 g/mol. The Balaban J connectivity index is 2.31. The van der Waals surface area contributed by atoms with E-state index < -0.39 is 5.97 Å². The van der Waals surface area contributed by atoms with E-state index in [4.69, 9.17) is 21.5 Å². The van der Waals surface area contributed by atoms with E-state index in [0.29, 0.717) is 9.90 Å². The number of aliphatic carboxylic acids is 1. The minimum Gasteiger partial charge on any atom is -0.476 e. The molecule has 0 amide bonds. The molecule has 4 nitrogen and oxygen atoms in total. The van der Waals surface area contributed by atoms with Crippen molar-refractivity contribution in [3.8, 4) is 0 Å². The number of halogens is 1. The maximum absolute atomic E-state index is 11.0. The highest BCUT2D eigenvalue weighted by atomic mass is 35.5. The summed E-state index contributed by atoms with van der Waals surface area (Å²) in [5, 5.41) is 13.6. The number of carbonyl (C=O) groups is 1. The van der Waals surface area contributed by atoms with Gasteiger partial charge in [-0.3, -0.25) is 0 Å². The molecule has 1 aromatic heterocycles. The van der Waals surface area contributed by atoms with Crippen molar-refractivity contribution in [3.63, 3.8) is 0 Å². The first-order chi connectivity index (χ1) is 8.16. The van der Waals surface area contributed by atoms with Crippen molar-refractivity contribution in [2.75, 3.05) is 0 Å². The molecule has 3 rings (SSSR count). The van der Waals surface area contributed by atoms with Crippen LogP contribution in [-0.2, 0) is 16.2 Å². The normalized spacial score (nSPS) is 14.1. The Morgan fingerprint density at radius 3 is 3.12 bits per heavy atom. The Labute approximate surface area is 105 Å². The molecule has 2 heterocycles. The van der Waals surface area contributed by atoms with E-state index in [0.717, 1.165) is 15.6 Å². The van der Waals surface area contributed by atoms with Crippen molar-refractivity contribution in [2.24, 2.45) is 5.16 Å². The van der Waals surface area contributed by atoms with E-state index in [1.165, 1.54) is 11.3 Å². The molecule has 0 atom stereocenters. The van der Waals surface area contributed by atoms with Gasteiger partial charge in [0.05, 0.1) is 4.34 Å². The highest BCUT2D eigenvalue weighted by Gasteiger charge is 2.23. The van der Waals surface area contributed by atoms with Crippen molar-refractivity contribution >= 4 is 44.7 Å². The maximum atomic E-state index is 11.0. The second-order valence-corrected chi connectivity index (χ2v) is 5.26. The van der Waals surface area contributed by atoms with Crippen molar-refractivity contribution in [3.05, 3.63) is 33.7 Å². The van der Waals surface area contributed by atoms with Crippen molar-refractivity contribution in [1.82, 2.24) is 0 Å². The van der Waals surface area contributed by atoms with Gasteiger partial charge in [-0.25, -0.2) is 4.79 Å². The van der Waals surface area contributed by atoms with Crippen LogP contribution in [0.15, 0.2) is 23.4 Å².